The maximum absolute atomic E-state index is 3.52. The van der Waals surface area contributed by atoms with E-state index in [4.69, 9.17) is 0 Å². The fourth-order valence-corrected chi connectivity index (χ4v) is 3.66. The average Bonchev–Trinajstić information content (AvgIpc) is 2.55. The molecule has 0 aromatic heterocycles. The lowest BCUT2D eigenvalue weighted by Gasteiger charge is -2.05. The average molecular weight is 354 g/mol. The minimum Gasteiger partial charge on any atom is -0.315 e. The van der Waals surface area contributed by atoms with Crippen LogP contribution >= 0.6 is 35.9 Å². The van der Waals surface area contributed by atoms with Gasteiger partial charge in [0.1, 0.15) is 0 Å². The summed E-state index contributed by atoms with van der Waals surface area (Å²) in [5, 5.41) is 3.52. The summed E-state index contributed by atoms with van der Waals surface area (Å²) >= 11 is 4.00. The summed E-state index contributed by atoms with van der Waals surface area (Å²) in [4.78, 5) is 0. The van der Waals surface area contributed by atoms with Crippen molar-refractivity contribution in [3.63, 3.8) is 0 Å². The molecule has 0 bridgehead atoms. The third-order valence-corrected chi connectivity index (χ3v) is 5.13. The van der Waals surface area contributed by atoms with Gasteiger partial charge in [-0.15, -0.1) is 12.4 Å². The highest BCUT2D eigenvalue weighted by Gasteiger charge is 1.94. The van der Waals surface area contributed by atoms with Crippen LogP contribution in [-0.2, 0) is 11.5 Å². The number of halogens is 1. The standard InChI is InChI=1S/C18H23NS2.ClH/c1-3-7-17(8-4-1)15-20-13-11-19-12-14-21-16-18-9-5-2-6-10-18;/h1-10,19H,11-16H2;1H. The molecule has 1 N–H and O–H groups in total. The minimum atomic E-state index is 0. The minimum absolute atomic E-state index is 0. The highest BCUT2D eigenvalue weighted by Crippen LogP contribution is 2.11. The molecule has 0 amide bonds. The Morgan fingerprint density at radius 1 is 0.636 bits per heavy atom. The summed E-state index contributed by atoms with van der Waals surface area (Å²) in [7, 11) is 0. The largest absolute Gasteiger partial charge is 0.315 e. The van der Waals surface area contributed by atoms with Crippen LogP contribution in [0.2, 0.25) is 0 Å². The van der Waals surface area contributed by atoms with Gasteiger partial charge in [0.15, 0.2) is 0 Å². The van der Waals surface area contributed by atoms with Gasteiger partial charge in [-0.05, 0) is 11.1 Å². The van der Waals surface area contributed by atoms with Crippen molar-refractivity contribution in [2.45, 2.75) is 11.5 Å². The zero-order valence-corrected chi connectivity index (χ0v) is 15.2. The molecular weight excluding hydrogens is 330 g/mol. The van der Waals surface area contributed by atoms with Gasteiger partial charge in [0.2, 0.25) is 0 Å². The SMILES string of the molecule is Cl.c1ccc(CSCCNCCSCc2ccccc2)cc1. The van der Waals surface area contributed by atoms with Gasteiger partial charge >= 0.3 is 0 Å². The van der Waals surface area contributed by atoms with Crippen molar-refractivity contribution < 1.29 is 0 Å². The molecule has 0 aliphatic heterocycles. The van der Waals surface area contributed by atoms with E-state index in [1.54, 1.807) is 0 Å². The summed E-state index contributed by atoms with van der Waals surface area (Å²) in [6, 6.07) is 21.4. The molecule has 0 fully saturated rings. The van der Waals surface area contributed by atoms with Gasteiger partial charge in [0.25, 0.3) is 0 Å². The first-order chi connectivity index (χ1) is 10.4. The first-order valence-electron chi connectivity index (χ1n) is 7.39. The van der Waals surface area contributed by atoms with E-state index < -0.39 is 0 Å². The number of rotatable bonds is 10. The summed E-state index contributed by atoms with van der Waals surface area (Å²) in [6.07, 6.45) is 0. The zero-order valence-electron chi connectivity index (χ0n) is 12.7. The third-order valence-electron chi connectivity index (χ3n) is 3.07. The van der Waals surface area contributed by atoms with Crippen LogP contribution in [0.4, 0.5) is 0 Å². The molecule has 0 saturated carbocycles. The van der Waals surface area contributed by atoms with Crippen molar-refractivity contribution >= 4 is 35.9 Å². The normalized spacial score (nSPS) is 10.2. The van der Waals surface area contributed by atoms with Crippen LogP contribution in [0, 0.1) is 0 Å². The second-order valence-electron chi connectivity index (χ2n) is 4.83. The van der Waals surface area contributed by atoms with E-state index in [-0.39, 0.29) is 12.4 Å². The van der Waals surface area contributed by atoms with Crippen molar-refractivity contribution in [1.82, 2.24) is 5.32 Å². The molecule has 0 radical (unpaired) electrons. The van der Waals surface area contributed by atoms with Gasteiger partial charge in [0, 0.05) is 36.1 Å². The molecule has 0 aliphatic rings. The number of hydrogen-bond donors (Lipinski definition) is 1. The molecule has 1 nitrogen and oxygen atoms in total. The van der Waals surface area contributed by atoms with Gasteiger partial charge in [0.05, 0.1) is 0 Å². The molecule has 0 heterocycles. The number of hydrogen-bond acceptors (Lipinski definition) is 3. The predicted molar refractivity (Wildman–Crippen MR) is 105 cm³/mol. The van der Waals surface area contributed by atoms with Crippen LogP contribution in [0.15, 0.2) is 60.7 Å². The summed E-state index contributed by atoms with van der Waals surface area (Å²) in [5.41, 5.74) is 2.84. The maximum Gasteiger partial charge on any atom is 0.0185 e. The molecule has 0 unspecified atom stereocenters. The smallest absolute Gasteiger partial charge is 0.0185 e. The van der Waals surface area contributed by atoms with E-state index in [1.807, 2.05) is 23.5 Å². The van der Waals surface area contributed by atoms with Crippen LogP contribution in [0.3, 0.4) is 0 Å². The second kappa shape index (κ2) is 12.9. The highest BCUT2D eigenvalue weighted by atomic mass is 35.5. The van der Waals surface area contributed by atoms with Crippen molar-refractivity contribution in [2.75, 3.05) is 24.6 Å². The lowest BCUT2D eigenvalue weighted by molar-refractivity contribution is 0.774. The summed E-state index contributed by atoms with van der Waals surface area (Å²) in [6.45, 7) is 2.20. The fraction of sp³-hybridized carbons (Fsp3) is 0.333. The Morgan fingerprint density at radius 2 is 1.05 bits per heavy atom. The summed E-state index contributed by atoms with van der Waals surface area (Å²) in [5.74, 6) is 4.59. The lowest BCUT2D eigenvalue weighted by Crippen LogP contribution is -2.20. The lowest BCUT2D eigenvalue weighted by atomic mass is 10.2. The van der Waals surface area contributed by atoms with Gasteiger partial charge in [-0.2, -0.15) is 23.5 Å². The van der Waals surface area contributed by atoms with E-state index in [9.17, 15) is 0 Å². The first kappa shape index (κ1) is 19.4. The molecule has 0 spiro atoms. The fourth-order valence-electron chi connectivity index (χ4n) is 1.94. The van der Waals surface area contributed by atoms with Gasteiger partial charge < -0.3 is 5.32 Å². The molecule has 2 rings (SSSR count). The molecule has 0 aliphatic carbocycles. The van der Waals surface area contributed by atoms with Crippen LogP contribution in [-0.4, -0.2) is 24.6 Å². The van der Waals surface area contributed by atoms with Crippen LogP contribution in [0.5, 0.6) is 0 Å². The third kappa shape index (κ3) is 8.74. The Bertz CT molecular complexity index is 433. The van der Waals surface area contributed by atoms with E-state index in [0.717, 1.165) is 24.6 Å². The molecule has 2 aromatic carbocycles. The molecular formula is C18H24ClNS2. The first-order valence-corrected chi connectivity index (χ1v) is 9.70. The van der Waals surface area contributed by atoms with Crippen molar-refractivity contribution in [1.29, 1.82) is 0 Å². The van der Waals surface area contributed by atoms with Crippen molar-refractivity contribution in [3.05, 3.63) is 71.8 Å². The highest BCUT2D eigenvalue weighted by molar-refractivity contribution is 7.98. The number of nitrogens with one attached hydrogen (secondary N) is 1. The van der Waals surface area contributed by atoms with E-state index >= 15 is 0 Å². The maximum atomic E-state index is 3.52. The molecule has 0 saturated heterocycles. The molecule has 22 heavy (non-hydrogen) atoms. The Labute approximate surface area is 149 Å². The van der Waals surface area contributed by atoms with Crippen LogP contribution in [0.25, 0.3) is 0 Å². The molecule has 2 aromatic rings. The monoisotopic (exact) mass is 353 g/mol. The Morgan fingerprint density at radius 3 is 1.45 bits per heavy atom. The molecule has 4 heteroatoms. The van der Waals surface area contributed by atoms with E-state index in [1.165, 1.54) is 22.6 Å². The van der Waals surface area contributed by atoms with E-state index in [2.05, 4.69) is 66.0 Å². The Kier molecular flexibility index (Phi) is 11.4. The number of thioether (sulfide) groups is 2. The Balaban J connectivity index is 0.00000242. The quantitative estimate of drug-likeness (QED) is 0.612. The molecule has 120 valence electrons. The van der Waals surface area contributed by atoms with Crippen molar-refractivity contribution in [3.8, 4) is 0 Å². The number of benzene rings is 2. The van der Waals surface area contributed by atoms with Crippen LogP contribution in [0.1, 0.15) is 11.1 Å². The predicted octanol–water partition coefficient (Wildman–Crippen LogP) is 4.86. The van der Waals surface area contributed by atoms with Gasteiger partial charge in [-0.3, -0.25) is 0 Å². The topological polar surface area (TPSA) is 12.0 Å². The Hall–Kier alpha value is -0.610. The van der Waals surface area contributed by atoms with E-state index in [0.29, 0.717) is 0 Å². The molecule has 0 atom stereocenters. The zero-order chi connectivity index (χ0) is 14.6. The van der Waals surface area contributed by atoms with Gasteiger partial charge in [-0.25, -0.2) is 0 Å². The van der Waals surface area contributed by atoms with Crippen LogP contribution < -0.4 is 5.32 Å². The van der Waals surface area contributed by atoms with Crippen molar-refractivity contribution in [2.24, 2.45) is 0 Å². The second-order valence-corrected chi connectivity index (χ2v) is 7.04. The summed E-state index contributed by atoms with van der Waals surface area (Å²) < 4.78 is 0. The van der Waals surface area contributed by atoms with Gasteiger partial charge in [-0.1, -0.05) is 60.7 Å².